The molecule has 0 aromatic rings. The summed E-state index contributed by atoms with van der Waals surface area (Å²) in [4.78, 5) is 10.7. The van der Waals surface area contributed by atoms with E-state index in [0.717, 1.165) is 0 Å². The molecule has 0 aromatic carbocycles. The lowest BCUT2D eigenvalue weighted by molar-refractivity contribution is -0.137. The van der Waals surface area contributed by atoms with E-state index >= 15 is 0 Å². The lowest BCUT2D eigenvalue weighted by Gasteiger charge is -2.26. The number of rotatable bonds is 3. The van der Waals surface area contributed by atoms with Crippen LogP contribution in [0.3, 0.4) is 0 Å². The Bertz CT molecular complexity index is 147. The van der Waals surface area contributed by atoms with Gasteiger partial charge in [0.05, 0.1) is 6.61 Å². The molecule has 0 spiro atoms. The first-order chi connectivity index (χ1) is 4.95. The molecular weight excluding hydrogens is 148 g/mol. The number of hydrogen-bond donors (Lipinski definition) is 4. The highest BCUT2D eigenvalue weighted by Gasteiger charge is 2.32. The summed E-state index contributed by atoms with van der Waals surface area (Å²) in [6.45, 7) is 2.85. The van der Waals surface area contributed by atoms with E-state index < -0.39 is 17.4 Å². The molecule has 0 aliphatic heterocycles. The summed E-state index contributed by atoms with van der Waals surface area (Å²) in [7, 11) is 0. The molecule has 11 heavy (non-hydrogen) atoms. The second-order valence-corrected chi connectivity index (χ2v) is 3.06. The van der Waals surface area contributed by atoms with Crippen LogP contribution in [-0.4, -0.2) is 28.8 Å². The molecule has 0 aliphatic carbocycles. The van der Waals surface area contributed by atoms with E-state index in [9.17, 15) is 9.90 Å². The van der Waals surface area contributed by atoms with Gasteiger partial charge in [0.25, 0.3) is 5.91 Å². The number of carbonyl (C=O) groups is 1. The maximum atomic E-state index is 10.7. The van der Waals surface area contributed by atoms with Crippen molar-refractivity contribution in [1.29, 1.82) is 0 Å². The van der Waals surface area contributed by atoms with Crippen LogP contribution in [0.4, 0.5) is 0 Å². The zero-order valence-corrected chi connectivity index (χ0v) is 6.66. The number of hydrogen-bond acceptors (Lipinski definition) is 4. The van der Waals surface area contributed by atoms with Crippen LogP contribution in [0.1, 0.15) is 13.8 Å². The Hall–Kier alpha value is -0.650. The molecule has 0 heterocycles. The maximum Gasteiger partial charge on any atom is 0.263 e. The van der Waals surface area contributed by atoms with Gasteiger partial charge in [0.1, 0.15) is 6.10 Å². The van der Waals surface area contributed by atoms with Crippen molar-refractivity contribution in [2.45, 2.75) is 20.0 Å². The van der Waals surface area contributed by atoms with Gasteiger partial charge >= 0.3 is 0 Å². The largest absolute Gasteiger partial charge is 0.396 e. The second kappa shape index (κ2) is 3.66. The van der Waals surface area contributed by atoms with Crippen molar-refractivity contribution in [2.24, 2.45) is 11.3 Å². The number of nitrogens with two attached hydrogens (primary N) is 1. The van der Waals surface area contributed by atoms with Crippen LogP contribution in [0, 0.1) is 5.41 Å². The quantitative estimate of drug-likeness (QED) is 0.227. The monoisotopic (exact) mass is 162 g/mol. The van der Waals surface area contributed by atoms with Crippen LogP contribution in [0.5, 0.6) is 0 Å². The second-order valence-electron chi connectivity index (χ2n) is 3.06. The summed E-state index contributed by atoms with van der Waals surface area (Å²) in [5.74, 6) is 4.09. The van der Waals surface area contributed by atoms with Crippen LogP contribution in [0.2, 0.25) is 0 Å². The van der Waals surface area contributed by atoms with Gasteiger partial charge in [-0.3, -0.25) is 10.2 Å². The zero-order valence-electron chi connectivity index (χ0n) is 6.66. The lowest BCUT2D eigenvalue weighted by atomic mass is 9.87. The molecule has 0 aliphatic rings. The molecular formula is C6H14N2O3. The van der Waals surface area contributed by atoms with E-state index in [1.54, 1.807) is 19.3 Å². The average Bonchev–Trinajstić information content (AvgIpc) is 2.01. The summed E-state index contributed by atoms with van der Waals surface area (Å²) in [6.07, 6.45) is -1.28. The van der Waals surface area contributed by atoms with Gasteiger partial charge in [-0.2, -0.15) is 0 Å². The van der Waals surface area contributed by atoms with Gasteiger partial charge in [-0.15, -0.1) is 0 Å². The standard InChI is InChI=1S/C6H14N2O3/c1-6(2,3-9)4(10)5(11)8-7/h4,9-10H,3,7H2,1-2H3,(H,8,11). The van der Waals surface area contributed by atoms with Crippen molar-refractivity contribution >= 4 is 5.91 Å². The molecule has 5 N–H and O–H groups in total. The van der Waals surface area contributed by atoms with E-state index in [4.69, 9.17) is 10.9 Å². The van der Waals surface area contributed by atoms with E-state index in [1.165, 1.54) is 0 Å². The fourth-order valence-corrected chi connectivity index (χ4v) is 0.520. The van der Waals surface area contributed by atoms with Gasteiger partial charge in [0, 0.05) is 5.41 Å². The number of aliphatic hydroxyl groups excluding tert-OH is 2. The van der Waals surface area contributed by atoms with Gasteiger partial charge in [0.15, 0.2) is 0 Å². The summed E-state index contributed by atoms with van der Waals surface area (Å²) in [5.41, 5.74) is 0.947. The van der Waals surface area contributed by atoms with Crippen LogP contribution in [0.15, 0.2) is 0 Å². The highest BCUT2D eigenvalue weighted by Crippen LogP contribution is 2.18. The van der Waals surface area contributed by atoms with E-state index in [-0.39, 0.29) is 6.61 Å². The third-order valence-electron chi connectivity index (χ3n) is 1.54. The van der Waals surface area contributed by atoms with E-state index in [0.29, 0.717) is 0 Å². The number of nitrogens with one attached hydrogen (secondary N) is 1. The highest BCUT2D eigenvalue weighted by atomic mass is 16.3. The molecule has 5 heteroatoms. The lowest BCUT2D eigenvalue weighted by Crippen LogP contribution is -2.47. The minimum Gasteiger partial charge on any atom is -0.396 e. The first-order valence-electron chi connectivity index (χ1n) is 3.25. The highest BCUT2D eigenvalue weighted by molar-refractivity contribution is 5.80. The Kier molecular flexibility index (Phi) is 3.44. The average molecular weight is 162 g/mol. The minimum atomic E-state index is -1.28. The Morgan fingerprint density at radius 3 is 2.45 bits per heavy atom. The summed E-state index contributed by atoms with van der Waals surface area (Å²) >= 11 is 0. The van der Waals surface area contributed by atoms with Crippen LogP contribution in [0.25, 0.3) is 0 Å². The number of hydrazine groups is 1. The molecule has 0 fully saturated rings. The normalized spacial score (nSPS) is 14.3. The molecule has 0 saturated heterocycles. The Balaban J connectivity index is 4.22. The molecule has 1 atom stereocenters. The Morgan fingerprint density at radius 1 is 1.73 bits per heavy atom. The molecule has 1 amide bonds. The molecule has 0 radical (unpaired) electrons. The van der Waals surface area contributed by atoms with Gasteiger partial charge in [0.2, 0.25) is 0 Å². The fraction of sp³-hybridized carbons (Fsp3) is 0.833. The topological polar surface area (TPSA) is 95.6 Å². The van der Waals surface area contributed by atoms with Crippen molar-refractivity contribution in [3.8, 4) is 0 Å². The first kappa shape index (κ1) is 10.3. The van der Waals surface area contributed by atoms with Crippen LogP contribution < -0.4 is 11.3 Å². The fourth-order valence-electron chi connectivity index (χ4n) is 0.520. The third kappa shape index (κ3) is 2.45. The molecule has 0 rings (SSSR count). The first-order valence-corrected chi connectivity index (χ1v) is 3.25. The van der Waals surface area contributed by atoms with Crippen LogP contribution in [-0.2, 0) is 4.79 Å². The SMILES string of the molecule is CC(C)(CO)C(O)C(=O)NN. The molecule has 0 saturated carbocycles. The van der Waals surface area contributed by atoms with Crippen molar-refractivity contribution in [1.82, 2.24) is 5.43 Å². The summed E-state index contributed by atoms with van der Waals surface area (Å²) in [6, 6.07) is 0. The van der Waals surface area contributed by atoms with Gasteiger partial charge in [-0.1, -0.05) is 13.8 Å². The number of carbonyl (C=O) groups excluding carboxylic acids is 1. The summed E-state index contributed by atoms with van der Waals surface area (Å²) in [5, 5.41) is 17.9. The van der Waals surface area contributed by atoms with Gasteiger partial charge < -0.3 is 10.2 Å². The molecule has 1 unspecified atom stereocenters. The zero-order chi connectivity index (χ0) is 9.07. The summed E-state index contributed by atoms with van der Waals surface area (Å²) < 4.78 is 0. The minimum absolute atomic E-state index is 0.276. The van der Waals surface area contributed by atoms with Crippen LogP contribution >= 0.6 is 0 Å². The van der Waals surface area contributed by atoms with Crippen molar-refractivity contribution in [3.05, 3.63) is 0 Å². The number of aliphatic hydroxyl groups is 2. The smallest absolute Gasteiger partial charge is 0.263 e. The van der Waals surface area contributed by atoms with Crippen molar-refractivity contribution in [3.63, 3.8) is 0 Å². The predicted octanol–water partition coefficient (Wildman–Crippen LogP) is -1.64. The van der Waals surface area contributed by atoms with Crippen molar-refractivity contribution < 1.29 is 15.0 Å². The molecule has 0 bridgehead atoms. The van der Waals surface area contributed by atoms with Gasteiger partial charge in [-0.05, 0) is 0 Å². The Morgan fingerprint density at radius 2 is 2.18 bits per heavy atom. The van der Waals surface area contributed by atoms with E-state index in [2.05, 4.69) is 0 Å². The maximum absolute atomic E-state index is 10.7. The van der Waals surface area contributed by atoms with Gasteiger partial charge in [-0.25, -0.2) is 5.84 Å². The third-order valence-corrected chi connectivity index (χ3v) is 1.54. The number of amides is 1. The molecule has 5 nitrogen and oxygen atoms in total. The Labute approximate surface area is 65.2 Å². The molecule has 66 valence electrons. The van der Waals surface area contributed by atoms with E-state index in [1.807, 2.05) is 0 Å². The molecule has 0 aromatic heterocycles. The van der Waals surface area contributed by atoms with Crippen molar-refractivity contribution in [2.75, 3.05) is 6.61 Å². The predicted molar refractivity (Wildman–Crippen MR) is 39.2 cm³/mol.